The van der Waals surface area contributed by atoms with Crippen molar-refractivity contribution in [2.75, 3.05) is 0 Å². The molecule has 0 saturated heterocycles. The molecule has 0 radical (unpaired) electrons. The molecule has 0 bridgehead atoms. The number of rotatable bonds is 2. The second-order valence-corrected chi connectivity index (χ2v) is 6.09. The lowest BCUT2D eigenvalue weighted by molar-refractivity contribution is 0.0258. The molecule has 0 amide bonds. The number of H-pyrrole nitrogens is 1. The molecule has 1 aliphatic rings. The van der Waals surface area contributed by atoms with E-state index in [2.05, 4.69) is 35.1 Å². The standard InChI is InChI=1S/C19H18N2O2/c1-12-5-6-13-3-2-4-17(16(13)11-12)23-19(22)15-8-10-21-18-14(15)7-9-20-18/h5-11,17H,2-4H2,1H3,(H,20,21)/t17-/m0/s1. The Morgan fingerprint density at radius 1 is 1.30 bits per heavy atom. The van der Waals surface area contributed by atoms with Gasteiger partial charge in [0.1, 0.15) is 11.8 Å². The minimum atomic E-state index is -0.281. The van der Waals surface area contributed by atoms with Gasteiger partial charge >= 0.3 is 5.97 Å². The number of hydrogen-bond acceptors (Lipinski definition) is 3. The number of nitrogens with one attached hydrogen (secondary N) is 1. The second-order valence-electron chi connectivity index (χ2n) is 6.09. The average molecular weight is 306 g/mol. The van der Waals surface area contributed by atoms with Crippen molar-refractivity contribution in [2.45, 2.75) is 32.3 Å². The number of nitrogens with zero attached hydrogens (tertiary/aromatic N) is 1. The Balaban J connectivity index is 1.65. The first-order valence-corrected chi connectivity index (χ1v) is 7.95. The number of hydrogen-bond donors (Lipinski definition) is 1. The number of ether oxygens (including phenoxy) is 1. The number of aromatic nitrogens is 2. The molecule has 1 aliphatic carbocycles. The Hall–Kier alpha value is -2.62. The molecular formula is C19H18N2O2. The highest BCUT2D eigenvalue weighted by Gasteiger charge is 2.25. The van der Waals surface area contributed by atoms with Crippen LogP contribution in [-0.2, 0) is 11.2 Å². The summed E-state index contributed by atoms with van der Waals surface area (Å²) in [6.07, 6.45) is 6.24. The van der Waals surface area contributed by atoms with Gasteiger partial charge in [-0.25, -0.2) is 9.78 Å². The zero-order valence-corrected chi connectivity index (χ0v) is 13.0. The van der Waals surface area contributed by atoms with Crippen LogP contribution in [0.3, 0.4) is 0 Å². The third-order valence-electron chi connectivity index (χ3n) is 4.49. The molecule has 0 saturated carbocycles. The Bertz CT molecular complexity index is 882. The molecule has 4 nitrogen and oxygen atoms in total. The van der Waals surface area contributed by atoms with E-state index >= 15 is 0 Å². The van der Waals surface area contributed by atoms with Crippen LogP contribution in [-0.4, -0.2) is 15.9 Å². The van der Waals surface area contributed by atoms with Crippen LogP contribution in [0.2, 0.25) is 0 Å². The van der Waals surface area contributed by atoms with Crippen LogP contribution in [0.25, 0.3) is 11.0 Å². The van der Waals surface area contributed by atoms with Crippen molar-refractivity contribution in [3.05, 3.63) is 65.0 Å². The predicted octanol–water partition coefficient (Wildman–Crippen LogP) is 4.11. The highest BCUT2D eigenvalue weighted by molar-refractivity contribution is 6.02. The molecule has 1 atom stereocenters. The normalized spacial score (nSPS) is 17.0. The lowest BCUT2D eigenvalue weighted by atomic mass is 9.88. The monoisotopic (exact) mass is 306 g/mol. The summed E-state index contributed by atoms with van der Waals surface area (Å²) in [5.74, 6) is -0.281. The van der Waals surface area contributed by atoms with Crippen LogP contribution in [0.5, 0.6) is 0 Å². The van der Waals surface area contributed by atoms with E-state index in [4.69, 9.17) is 4.74 Å². The lowest BCUT2D eigenvalue weighted by Gasteiger charge is -2.26. The molecular weight excluding hydrogens is 288 g/mol. The Labute approximate surface area is 134 Å². The fourth-order valence-corrected chi connectivity index (χ4v) is 3.33. The predicted molar refractivity (Wildman–Crippen MR) is 88.4 cm³/mol. The van der Waals surface area contributed by atoms with E-state index in [-0.39, 0.29) is 12.1 Å². The molecule has 0 aliphatic heterocycles. The summed E-state index contributed by atoms with van der Waals surface area (Å²) < 4.78 is 5.86. The van der Waals surface area contributed by atoms with Crippen LogP contribution in [0.15, 0.2) is 42.7 Å². The van der Waals surface area contributed by atoms with Crippen molar-refractivity contribution in [1.82, 2.24) is 9.97 Å². The van der Waals surface area contributed by atoms with Gasteiger partial charge in [-0.15, -0.1) is 0 Å². The lowest BCUT2D eigenvalue weighted by Crippen LogP contribution is -2.17. The van der Waals surface area contributed by atoms with Gasteiger partial charge in [-0.05, 0) is 49.4 Å². The molecule has 2 heterocycles. The Kier molecular flexibility index (Phi) is 3.37. The van der Waals surface area contributed by atoms with E-state index in [0.29, 0.717) is 11.2 Å². The number of aromatic amines is 1. The molecule has 116 valence electrons. The van der Waals surface area contributed by atoms with Crippen LogP contribution in [0.1, 0.15) is 46.0 Å². The smallest absolute Gasteiger partial charge is 0.339 e. The number of carbonyl (C=O) groups excluding carboxylic acids is 1. The number of esters is 1. The molecule has 0 unspecified atom stereocenters. The summed E-state index contributed by atoms with van der Waals surface area (Å²) in [6, 6.07) is 10.00. The maximum Gasteiger partial charge on any atom is 0.339 e. The largest absolute Gasteiger partial charge is 0.454 e. The van der Waals surface area contributed by atoms with Crippen LogP contribution in [0, 0.1) is 6.92 Å². The molecule has 0 spiro atoms. The van der Waals surface area contributed by atoms with Crippen molar-refractivity contribution >= 4 is 17.0 Å². The first-order valence-electron chi connectivity index (χ1n) is 7.95. The molecule has 2 aromatic heterocycles. The first kappa shape index (κ1) is 14.0. The zero-order chi connectivity index (χ0) is 15.8. The number of pyridine rings is 1. The fourth-order valence-electron chi connectivity index (χ4n) is 3.33. The van der Waals surface area contributed by atoms with Gasteiger partial charge in [0, 0.05) is 17.8 Å². The third-order valence-corrected chi connectivity index (χ3v) is 4.49. The first-order chi connectivity index (χ1) is 11.2. The van der Waals surface area contributed by atoms with Gasteiger partial charge in [-0.1, -0.05) is 23.8 Å². The van der Waals surface area contributed by atoms with E-state index in [1.807, 2.05) is 6.07 Å². The summed E-state index contributed by atoms with van der Waals surface area (Å²) in [6.45, 7) is 2.07. The SMILES string of the molecule is Cc1ccc2c(c1)[C@@H](OC(=O)c1ccnc3[nH]ccc13)CCC2. The van der Waals surface area contributed by atoms with Crippen LogP contribution >= 0.6 is 0 Å². The van der Waals surface area contributed by atoms with Crippen molar-refractivity contribution in [2.24, 2.45) is 0 Å². The van der Waals surface area contributed by atoms with E-state index in [0.717, 1.165) is 30.2 Å². The molecule has 23 heavy (non-hydrogen) atoms. The highest BCUT2D eigenvalue weighted by atomic mass is 16.5. The summed E-state index contributed by atoms with van der Waals surface area (Å²) in [4.78, 5) is 19.9. The zero-order valence-electron chi connectivity index (χ0n) is 13.0. The topological polar surface area (TPSA) is 55.0 Å². The maximum atomic E-state index is 12.7. The maximum absolute atomic E-state index is 12.7. The quantitative estimate of drug-likeness (QED) is 0.725. The van der Waals surface area contributed by atoms with E-state index in [1.165, 1.54) is 11.1 Å². The number of fused-ring (bicyclic) bond motifs is 2. The second kappa shape index (κ2) is 5.54. The molecule has 4 heteroatoms. The molecule has 3 aromatic rings. The highest BCUT2D eigenvalue weighted by Crippen LogP contribution is 2.34. The Morgan fingerprint density at radius 3 is 3.13 bits per heavy atom. The van der Waals surface area contributed by atoms with Gasteiger partial charge in [0.15, 0.2) is 0 Å². The summed E-state index contributed by atoms with van der Waals surface area (Å²) in [5, 5.41) is 0.803. The van der Waals surface area contributed by atoms with E-state index < -0.39 is 0 Å². The number of benzene rings is 1. The van der Waals surface area contributed by atoms with Crippen molar-refractivity contribution in [3.63, 3.8) is 0 Å². The van der Waals surface area contributed by atoms with Gasteiger partial charge in [0.05, 0.1) is 5.56 Å². The third kappa shape index (κ3) is 2.50. The van der Waals surface area contributed by atoms with E-state index in [9.17, 15) is 4.79 Å². The van der Waals surface area contributed by atoms with Crippen LogP contribution < -0.4 is 0 Å². The van der Waals surface area contributed by atoms with Gasteiger partial charge in [-0.2, -0.15) is 0 Å². The van der Waals surface area contributed by atoms with Crippen LogP contribution in [0.4, 0.5) is 0 Å². The molecule has 1 aromatic carbocycles. The minimum Gasteiger partial charge on any atom is -0.454 e. The average Bonchev–Trinajstić information content (AvgIpc) is 3.04. The summed E-state index contributed by atoms with van der Waals surface area (Å²) >= 11 is 0. The van der Waals surface area contributed by atoms with Crippen molar-refractivity contribution in [3.8, 4) is 0 Å². The summed E-state index contributed by atoms with van der Waals surface area (Å²) in [5.41, 5.74) is 4.92. The number of carbonyl (C=O) groups is 1. The van der Waals surface area contributed by atoms with Crippen molar-refractivity contribution in [1.29, 1.82) is 0 Å². The molecule has 0 fully saturated rings. The van der Waals surface area contributed by atoms with Crippen molar-refractivity contribution < 1.29 is 9.53 Å². The van der Waals surface area contributed by atoms with Gasteiger partial charge in [0.25, 0.3) is 0 Å². The summed E-state index contributed by atoms with van der Waals surface area (Å²) in [7, 11) is 0. The molecule has 1 N–H and O–H groups in total. The van der Waals surface area contributed by atoms with Gasteiger partial charge in [-0.3, -0.25) is 0 Å². The minimum absolute atomic E-state index is 0.159. The Morgan fingerprint density at radius 2 is 2.22 bits per heavy atom. The fraction of sp³-hybridized carbons (Fsp3) is 0.263. The number of aryl methyl sites for hydroxylation is 2. The van der Waals surface area contributed by atoms with Gasteiger partial charge in [0.2, 0.25) is 0 Å². The molecule has 4 rings (SSSR count). The van der Waals surface area contributed by atoms with E-state index in [1.54, 1.807) is 18.5 Å². The van der Waals surface area contributed by atoms with Gasteiger partial charge < -0.3 is 9.72 Å².